The van der Waals surface area contributed by atoms with Crippen molar-refractivity contribution in [3.8, 4) is 0 Å². The SMILES string of the molecule is Cc1nn(Cc2ccc(S(=O)(=O)N(C)C)c(Cl)c2)c(C)c1CC(F)=CCN. The second kappa shape index (κ2) is 8.52. The highest BCUT2D eigenvalue weighted by Gasteiger charge is 2.21. The van der Waals surface area contributed by atoms with Crippen LogP contribution in [0.2, 0.25) is 5.02 Å². The van der Waals surface area contributed by atoms with Gasteiger partial charge in [-0.25, -0.2) is 17.1 Å². The van der Waals surface area contributed by atoms with Gasteiger partial charge in [-0.1, -0.05) is 17.7 Å². The second-order valence-electron chi connectivity index (χ2n) is 6.42. The molecule has 0 amide bonds. The van der Waals surface area contributed by atoms with Crippen LogP contribution >= 0.6 is 11.6 Å². The summed E-state index contributed by atoms with van der Waals surface area (Å²) in [6, 6.07) is 4.81. The molecule has 2 rings (SSSR count). The third-order valence-electron chi connectivity index (χ3n) is 4.30. The smallest absolute Gasteiger partial charge is 0.244 e. The average molecular weight is 415 g/mol. The molecule has 9 heteroatoms. The molecule has 1 aromatic carbocycles. The van der Waals surface area contributed by atoms with Crippen molar-refractivity contribution in [2.45, 2.75) is 31.7 Å². The fourth-order valence-corrected chi connectivity index (χ4v) is 4.17. The summed E-state index contributed by atoms with van der Waals surface area (Å²) < 4.78 is 41.2. The van der Waals surface area contributed by atoms with Crippen LogP contribution in [0.4, 0.5) is 4.39 Å². The van der Waals surface area contributed by atoms with E-state index >= 15 is 0 Å². The maximum atomic E-state index is 13.8. The molecule has 0 fully saturated rings. The number of allylic oxidation sites excluding steroid dienone is 1. The maximum Gasteiger partial charge on any atom is 0.244 e. The molecule has 0 bridgehead atoms. The number of halogens is 2. The van der Waals surface area contributed by atoms with Gasteiger partial charge in [0, 0.05) is 38.3 Å². The van der Waals surface area contributed by atoms with Crippen molar-refractivity contribution >= 4 is 21.6 Å². The van der Waals surface area contributed by atoms with Crippen molar-refractivity contribution in [1.82, 2.24) is 14.1 Å². The number of benzene rings is 1. The second-order valence-corrected chi connectivity index (χ2v) is 8.95. The number of aromatic nitrogens is 2. The summed E-state index contributed by atoms with van der Waals surface area (Å²) in [6.07, 6.45) is 1.50. The van der Waals surface area contributed by atoms with Gasteiger partial charge in [0.25, 0.3) is 0 Å². The zero-order valence-corrected chi connectivity index (χ0v) is 17.4. The van der Waals surface area contributed by atoms with Crippen LogP contribution in [0.15, 0.2) is 35.0 Å². The Hall–Kier alpha value is -1.74. The Bertz CT molecular complexity index is 968. The number of rotatable bonds is 7. The first-order valence-corrected chi connectivity index (χ1v) is 10.2. The van der Waals surface area contributed by atoms with E-state index in [2.05, 4.69) is 5.10 Å². The summed E-state index contributed by atoms with van der Waals surface area (Å²) in [6.45, 7) is 4.25. The predicted octanol–water partition coefficient (Wildman–Crippen LogP) is 2.81. The summed E-state index contributed by atoms with van der Waals surface area (Å²) in [4.78, 5) is 0.0565. The van der Waals surface area contributed by atoms with Crippen molar-refractivity contribution in [1.29, 1.82) is 0 Å². The van der Waals surface area contributed by atoms with E-state index in [0.717, 1.165) is 26.8 Å². The molecule has 0 atom stereocenters. The molecular formula is C18H24ClFN4O2S. The number of aryl methyl sites for hydroxylation is 1. The molecule has 6 nitrogen and oxygen atoms in total. The van der Waals surface area contributed by atoms with Crippen LogP contribution in [0, 0.1) is 13.8 Å². The Morgan fingerprint density at radius 3 is 2.59 bits per heavy atom. The first kappa shape index (κ1) is 21.6. The zero-order chi connectivity index (χ0) is 20.4. The highest BCUT2D eigenvalue weighted by atomic mass is 35.5. The lowest BCUT2D eigenvalue weighted by Crippen LogP contribution is -2.22. The molecule has 0 saturated heterocycles. The Morgan fingerprint density at radius 2 is 2.04 bits per heavy atom. The molecule has 0 unspecified atom stereocenters. The van der Waals surface area contributed by atoms with Gasteiger partial charge in [0.1, 0.15) is 10.7 Å². The molecule has 2 N–H and O–H groups in total. The minimum absolute atomic E-state index is 0.0565. The third-order valence-corrected chi connectivity index (χ3v) is 6.60. The Morgan fingerprint density at radius 1 is 1.37 bits per heavy atom. The van der Waals surface area contributed by atoms with E-state index in [1.54, 1.807) is 16.8 Å². The molecule has 0 saturated carbocycles. The number of hydrogen-bond acceptors (Lipinski definition) is 4. The monoisotopic (exact) mass is 414 g/mol. The third kappa shape index (κ3) is 4.76. The van der Waals surface area contributed by atoms with Gasteiger partial charge in [-0.05, 0) is 37.6 Å². The van der Waals surface area contributed by atoms with Crippen molar-refractivity contribution in [3.05, 3.63) is 57.6 Å². The van der Waals surface area contributed by atoms with E-state index in [-0.39, 0.29) is 28.7 Å². The lowest BCUT2D eigenvalue weighted by molar-refractivity contribution is 0.520. The molecule has 2 aromatic rings. The van der Waals surface area contributed by atoms with Crippen LogP contribution < -0.4 is 5.73 Å². The Labute approximate surface area is 164 Å². The summed E-state index contributed by atoms with van der Waals surface area (Å²) in [7, 11) is -0.699. The van der Waals surface area contributed by atoms with Gasteiger partial charge in [-0.15, -0.1) is 0 Å². The highest BCUT2D eigenvalue weighted by Crippen LogP contribution is 2.26. The molecule has 148 valence electrons. The quantitative estimate of drug-likeness (QED) is 0.755. The summed E-state index contributed by atoms with van der Waals surface area (Å²) in [5.41, 5.74) is 8.54. The van der Waals surface area contributed by atoms with Gasteiger partial charge in [0.2, 0.25) is 10.0 Å². The van der Waals surface area contributed by atoms with E-state index < -0.39 is 10.0 Å². The van der Waals surface area contributed by atoms with Gasteiger partial charge in [-0.3, -0.25) is 4.68 Å². The van der Waals surface area contributed by atoms with Gasteiger partial charge in [0.15, 0.2) is 0 Å². The fraction of sp³-hybridized carbons (Fsp3) is 0.389. The van der Waals surface area contributed by atoms with Crippen molar-refractivity contribution < 1.29 is 12.8 Å². The standard InChI is InChI=1S/C18H24ClFN4O2S/c1-12-16(10-15(20)7-8-21)13(2)24(22-12)11-14-5-6-18(17(19)9-14)27(25,26)23(3)4/h5-7,9H,8,10-11,21H2,1-4H3. The van der Waals surface area contributed by atoms with Crippen LogP contribution in [-0.2, 0) is 23.0 Å². The normalized spacial score (nSPS) is 12.8. The van der Waals surface area contributed by atoms with Gasteiger partial charge >= 0.3 is 0 Å². The maximum absolute atomic E-state index is 13.8. The predicted molar refractivity (Wildman–Crippen MR) is 105 cm³/mol. The molecule has 0 spiro atoms. The molecule has 0 radical (unpaired) electrons. The van der Waals surface area contributed by atoms with Crippen LogP contribution in [0.3, 0.4) is 0 Å². The van der Waals surface area contributed by atoms with E-state index in [1.165, 1.54) is 26.2 Å². The van der Waals surface area contributed by atoms with Gasteiger partial charge < -0.3 is 5.73 Å². The highest BCUT2D eigenvalue weighted by molar-refractivity contribution is 7.89. The number of nitrogens with zero attached hydrogens (tertiary/aromatic N) is 3. The van der Waals surface area contributed by atoms with Crippen LogP contribution in [-0.4, -0.2) is 43.1 Å². The van der Waals surface area contributed by atoms with Gasteiger partial charge in [-0.2, -0.15) is 5.10 Å². The van der Waals surface area contributed by atoms with Crippen molar-refractivity contribution in [2.75, 3.05) is 20.6 Å². The van der Waals surface area contributed by atoms with Crippen molar-refractivity contribution in [2.24, 2.45) is 5.73 Å². The van der Waals surface area contributed by atoms with Crippen molar-refractivity contribution in [3.63, 3.8) is 0 Å². The van der Waals surface area contributed by atoms with E-state index in [4.69, 9.17) is 17.3 Å². The molecule has 0 aliphatic rings. The minimum atomic E-state index is -3.61. The van der Waals surface area contributed by atoms with E-state index in [1.807, 2.05) is 13.8 Å². The Kier molecular flexibility index (Phi) is 6.80. The molecule has 27 heavy (non-hydrogen) atoms. The van der Waals surface area contributed by atoms with Crippen LogP contribution in [0.5, 0.6) is 0 Å². The van der Waals surface area contributed by atoms with E-state index in [0.29, 0.717) is 6.54 Å². The first-order valence-electron chi connectivity index (χ1n) is 8.36. The topological polar surface area (TPSA) is 81.2 Å². The molecular weight excluding hydrogens is 391 g/mol. The number of sulfonamides is 1. The summed E-state index contributed by atoms with van der Waals surface area (Å²) in [5.74, 6) is -0.287. The lowest BCUT2D eigenvalue weighted by atomic mass is 10.1. The molecule has 1 aromatic heterocycles. The van der Waals surface area contributed by atoms with Gasteiger partial charge in [0.05, 0.1) is 17.3 Å². The molecule has 1 heterocycles. The number of hydrogen-bond donors (Lipinski definition) is 1. The summed E-state index contributed by atoms with van der Waals surface area (Å²) in [5, 5.41) is 4.62. The average Bonchev–Trinajstić information content (AvgIpc) is 2.82. The van der Waals surface area contributed by atoms with Crippen LogP contribution in [0.1, 0.15) is 22.5 Å². The number of nitrogens with two attached hydrogens (primary N) is 1. The minimum Gasteiger partial charge on any atom is -0.327 e. The zero-order valence-electron chi connectivity index (χ0n) is 15.8. The van der Waals surface area contributed by atoms with E-state index in [9.17, 15) is 12.8 Å². The fourth-order valence-electron chi connectivity index (χ4n) is 2.73. The van der Waals surface area contributed by atoms with Crippen LogP contribution in [0.25, 0.3) is 0 Å². The summed E-state index contributed by atoms with van der Waals surface area (Å²) >= 11 is 6.20. The lowest BCUT2D eigenvalue weighted by Gasteiger charge is -2.14. The molecule has 0 aliphatic heterocycles. The first-order chi connectivity index (χ1) is 12.6. The largest absolute Gasteiger partial charge is 0.327 e. The Balaban J connectivity index is 2.31. The molecule has 0 aliphatic carbocycles.